The molecule has 0 aliphatic carbocycles. The summed E-state index contributed by atoms with van der Waals surface area (Å²) in [7, 11) is 0. The van der Waals surface area contributed by atoms with Crippen molar-refractivity contribution in [2.45, 2.75) is 140 Å². The monoisotopic (exact) mass is 1030 g/mol. The number of aromatic hydroxyl groups is 1. The minimum atomic E-state index is -1.35. The second kappa shape index (κ2) is 28.0. The molecular weight excluding hydrogens is 955 g/mol. The Morgan fingerprint density at radius 3 is 2.00 bits per heavy atom. The van der Waals surface area contributed by atoms with Crippen LogP contribution in [0, 0.1) is 11.8 Å². The van der Waals surface area contributed by atoms with Crippen molar-refractivity contribution in [2.75, 3.05) is 19.6 Å². The fraction of sp³-hybridized carbons (Fsp3) is 0.529. The molecule has 9 unspecified atom stereocenters. The van der Waals surface area contributed by atoms with Gasteiger partial charge in [-0.15, -0.1) is 0 Å². The minimum Gasteiger partial charge on any atom is -0.508 e. The van der Waals surface area contributed by atoms with Crippen LogP contribution in [0.3, 0.4) is 0 Å². The number of rotatable bonds is 27. The highest BCUT2D eigenvalue weighted by Crippen LogP contribution is 2.21. The Bertz CT molecular complexity index is 2390. The molecule has 0 radical (unpaired) electrons. The van der Waals surface area contributed by atoms with Gasteiger partial charge < -0.3 is 68.8 Å². The Kier molecular flexibility index (Phi) is 21.7. The number of nitrogens with zero attached hydrogens (tertiary/aromatic N) is 3. The second-order valence-corrected chi connectivity index (χ2v) is 19.3. The molecule has 3 heterocycles. The number of aliphatic imine (C=N–C) groups is 1. The molecule has 2 saturated heterocycles. The Morgan fingerprint density at radius 2 is 1.38 bits per heavy atom. The number of aromatic amines is 1. The molecule has 9 atom stereocenters. The number of phenolic OH excluding ortho intramolecular Hbond substituents is 1. The number of nitrogens with two attached hydrogens (primary N) is 2. The summed E-state index contributed by atoms with van der Waals surface area (Å²) in [6.45, 7) is 7.94. The summed E-state index contributed by atoms with van der Waals surface area (Å²) in [5.74, 6) is -6.98. The normalized spacial score (nSPS) is 18.1. The molecule has 0 bridgehead atoms. The fourth-order valence-electron chi connectivity index (χ4n) is 8.93. The number of carboxylic acid groups (broad SMARTS) is 1. The number of carbonyl (C=O) groups is 8. The van der Waals surface area contributed by atoms with E-state index >= 15 is 0 Å². The molecule has 5 rings (SSSR count). The van der Waals surface area contributed by atoms with Crippen LogP contribution in [0.4, 0.5) is 0 Å². The Labute approximate surface area is 430 Å². The van der Waals surface area contributed by atoms with Crippen LogP contribution in [-0.4, -0.2) is 146 Å². The molecule has 402 valence electrons. The third-order valence-electron chi connectivity index (χ3n) is 13.3. The summed E-state index contributed by atoms with van der Waals surface area (Å²) in [6, 6.07) is 5.81. The summed E-state index contributed by atoms with van der Waals surface area (Å²) in [5, 5.41) is 39.8. The number of carboxylic acids is 1. The zero-order valence-electron chi connectivity index (χ0n) is 42.5. The predicted octanol–water partition coefficient (Wildman–Crippen LogP) is -0.365. The average Bonchev–Trinajstić information content (AvgIpc) is 4.20. The van der Waals surface area contributed by atoms with Crippen molar-refractivity contribution in [3.8, 4) is 5.75 Å². The SMILES string of the molecule is CCC(C)C(NC(=O)C(Cc1ccc(O)cc1)NC(=O)C(NC(=O)C(CCCN=C(N)N)NC(=O)C1CCCN1)C(C)C)C(=O)NC(Cc1cnc[nH]1)C(=O)N1CCCC1C(=O)NC(Cc1ccccc1)C(=O)O. The number of aromatic nitrogens is 2. The van der Waals surface area contributed by atoms with Crippen LogP contribution >= 0.6 is 0 Å². The Morgan fingerprint density at radius 1 is 0.743 bits per heavy atom. The lowest BCUT2D eigenvalue weighted by Crippen LogP contribution is -2.62. The van der Waals surface area contributed by atoms with Crippen LogP contribution in [0.25, 0.3) is 0 Å². The number of nitrogens with one attached hydrogen (secondary N) is 8. The molecular formula is C51H73N13O10. The standard InChI is InChI=1S/C51H73N13O10/c1-5-30(4)42(48(71)60-38(26-33-27-54-28-57-33)49(72)64-23-11-16-40(64)46(69)61-39(50(73)74)25-31-12-7-6-8-13-31)63-45(68)37(24-32-17-19-34(65)20-18-32)59-47(70)41(29(2)3)62-44(67)36(15-10-22-56-51(52)53)58-43(66)35-14-9-21-55-35/h6-8,12-13,17-20,27-30,35-42,55,65H,5,9-11,14-16,21-26H2,1-4H3,(H,54,57)(H,58,66)(H,59,70)(H,60,71)(H,61,69)(H,62,67)(H,63,68)(H,73,74)(H4,52,53,56). The van der Waals surface area contributed by atoms with Gasteiger partial charge in [-0.25, -0.2) is 9.78 Å². The Balaban J connectivity index is 1.35. The minimum absolute atomic E-state index is 0.0156. The van der Waals surface area contributed by atoms with Gasteiger partial charge in [0.2, 0.25) is 41.4 Å². The van der Waals surface area contributed by atoms with E-state index < -0.39 is 102 Å². The largest absolute Gasteiger partial charge is 0.508 e. The van der Waals surface area contributed by atoms with Crippen molar-refractivity contribution in [1.29, 1.82) is 0 Å². The summed E-state index contributed by atoms with van der Waals surface area (Å²) in [5.41, 5.74) is 12.7. The molecule has 23 nitrogen and oxygen atoms in total. The molecule has 74 heavy (non-hydrogen) atoms. The van der Waals surface area contributed by atoms with E-state index in [4.69, 9.17) is 11.5 Å². The van der Waals surface area contributed by atoms with Gasteiger partial charge in [0.1, 0.15) is 48.0 Å². The van der Waals surface area contributed by atoms with Crippen LogP contribution < -0.4 is 48.7 Å². The van der Waals surface area contributed by atoms with Crippen molar-refractivity contribution in [3.63, 3.8) is 0 Å². The van der Waals surface area contributed by atoms with Crippen LogP contribution in [0.15, 0.2) is 72.1 Å². The lowest BCUT2D eigenvalue weighted by Gasteiger charge is -2.32. The number of imidazole rings is 1. The highest BCUT2D eigenvalue weighted by molar-refractivity contribution is 5.98. The number of hydrogen-bond donors (Lipinski definition) is 12. The number of hydrogen-bond acceptors (Lipinski definition) is 12. The van der Waals surface area contributed by atoms with Crippen LogP contribution in [0.2, 0.25) is 0 Å². The van der Waals surface area contributed by atoms with E-state index in [1.807, 2.05) is 6.92 Å². The first-order valence-corrected chi connectivity index (χ1v) is 25.3. The molecule has 2 aliphatic rings. The quantitative estimate of drug-likeness (QED) is 0.0264. The molecule has 1 aromatic heterocycles. The molecule has 3 aromatic rings. The van der Waals surface area contributed by atoms with Gasteiger partial charge in [0, 0.05) is 44.2 Å². The highest BCUT2D eigenvalue weighted by atomic mass is 16.4. The lowest BCUT2D eigenvalue weighted by atomic mass is 9.96. The first-order chi connectivity index (χ1) is 35.3. The number of carbonyl (C=O) groups excluding carboxylic acids is 7. The van der Waals surface area contributed by atoms with Gasteiger partial charge in [0.05, 0.1) is 12.4 Å². The summed E-state index contributed by atoms with van der Waals surface area (Å²) in [6.07, 6.45) is 5.63. The zero-order valence-corrected chi connectivity index (χ0v) is 42.5. The van der Waals surface area contributed by atoms with E-state index in [-0.39, 0.29) is 62.8 Å². The van der Waals surface area contributed by atoms with E-state index in [0.717, 1.165) is 6.42 Å². The van der Waals surface area contributed by atoms with Gasteiger partial charge in [0.25, 0.3) is 0 Å². The lowest BCUT2D eigenvalue weighted by molar-refractivity contribution is -0.145. The van der Waals surface area contributed by atoms with Gasteiger partial charge in [0.15, 0.2) is 5.96 Å². The van der Waals surface area contributed by atoms with Crippen LogP contribution in [0.1, 0.15) is 89.5 Å². The van der Waals surface area contributed by atoms with E-state index in [9.17, 15) is 48.6 Å². The van der Waals surface area contributed by atoms with Gasteiger partial charge in [-0.05, 0) is 80.2 Å². The van der Waals surface area contributed by atoms with Gasteiger partial charge in [-0.1, -0.05) is 76.6 Å². The average molecular weight is 1030 g/mol. The number of H-pyrrole nitrogens is 1. The maximum atomic E-state index is 14.6. The molecule has 23 heteroatoms. The van der Waals surface area contributed by atoms with Crippen LogP contribution in [0.5, 0.6) is 5.75 Å². The van der Waals surface area contributed by atoms with E-state index in [1.165, 1.54) is 29.6 Å². The first-order valence-electron chi connectivity index (χ1n) is 25.3. The molecule has 2 aliphatic heterocycles. The van der Waals surface area contributed by atoms with Crippen molar-refractivity contribution < 1.29 is 48.6 Å². The maximum absolute atomic E-state index is 14.6. The fourth-order valence-corrected chi connectivity index (χ4v) is 8.93. The third-order valence-corrected chi connectivity index (χ3v) is 13.3. The molecule has 2 aromatic carbocycles. The van der Waals surface area contributed by atoms with Gasteiger partial charge >= 0.3 is 5.97 Å². The topological polar surface area (TPSA) is 358 Å². The Hall–Kier alpha value is -7.56. The summed E-state index contributed by atoms with van der Waals surface area (Å²) < 4.78 is 0. The molecule has 2 fully saturated rings. The second-order valence-electron chi connectivity index (χ2n) is 19.3. The van der Waals surface area contributed by atoms with Gasteiger partial charge in [-0.2, -0.15) is 0 Å². The number of benzene rings is 2. The highest BCUT2D eigenvalue weighted by Gasteiger charge is 2.41. The molecule has 14 N–H and O–H groups in total. The maximum Gasteiger partial charge on any atom is 0.326 e. The van der Waals surface area contributed by atoms with Gasteiger partial charge in [-0.3, -0.25) is 38.6 Å². The summed E-state index contributed by atoms with van der Waals surface area (Å²) >= 11 is 0. The predicted molar refractivity (Wildman–Crippen MR) is 273 cm³/mol. The first kappa shape index (κ1) is 57.3. The smallest absolute Gasteiger partial charge is 0.326 e. The summed E-state index contributed by atoms with van der Waals surface area (Å²) in [4.78, 5) is 124. The van der Waals surface area contributed by atoms with E-state index in [0.29, 0.717) is 49.0 Å². The number of amides is 7. The van der Waals surface area contributed by atoms with Crippen molar-refractivity contribution in [1.82, 2.24) is 52.1 Å². The van der Waals surface area contributed by atoms with Crippen molar-refractivity contribution in [2.24, 2.45) is 28.3 Å². The molecule has 0 spiro atoms. The van der Waals surface area contributed by atoms with E-state index in [1.54, 1.807) is 63.2 Å². The molecule has 0 saturated carbocycles. The van der Waals surface area contributed by atoms with Crippen LogP contribution in [-0.2, 0) is 57.6 Å². The molecule has 7 amide bonds. The van der Waals surface area contributed by atoms with E-state index in [2.05, 4.69) is 52.2 Å². The number of likely N-dealkylation sites (tertiary alicyclic amines) is 1. The third kappa shape index (κ3) is 17.0. The van der Waals surface area contributed by atoms with Crippen molar-refractivity contribution >= 4 is 53.3 Å². The number of phenols is 1. The number of aliphatic carboxylic acids is 1. The van der Waals surface area contributed by atoms with Crippen molar-refractivity contribution in [3.05, 3.63) is 83.9 Å². The number of guanidine groups is 1. The zero-order chi connectivity index (χ0) is 53.9.